The second-order valence-corrected chi connectivity index (χ2v) is 29.6. The summed E-state index contributed by atoms with van der Waals surface area (Å²) in [5, 5.41) is 33.3. The van der Waals surface area contributed by atoms with Crippen LogP contribution < -0.4 is 57.1 Å². The molecule has 6 N–H and O–H groups in total. The average Bonchev–Trinajstić information content (AvgIpc) is 1.72. The number of nitrogens with one attached hydrogen (secondary N) is 1. The van der Waals surface area contributed by atoms with Crippen LogP contribution in [0.3, 0.4) is 0 Å². The van der Waals surface area contributed by atoms with Crippen LogP contribution in [0.15, 0.2) is 151 Å². The standard InChI is InChI=1S/2C14H12B2N3OS.C14H12N2O2S.C13H10N2O2S.C12H8N2O2S.C10H9NO.C4H7NO2S.CH5B2O2.CH4.BI.BHN.B.K/c2*1-9-12(10-4-6-11(17-3)7-5-10)18-13(21-9)14(20)19(8-15)16-2;1-4-18-14(17)13-16-12(9(2)19-13)10-5-7-11(15-3)8-6-10;1-3-17-13(16)12-15-11(8-18-12)9-4-6-10(14-2)7-5-9;1-7-10(14-11(17-7)12(15)16)8-3-5-9(13-2)6-4-8;1-3-10(12)8-4-6-9(11-2)7-5-8;1-2-7-4(6)3(5)8;1-2-3(4)5;;2*1-2;;/h2*4-7H,8H2,1-2H3;5-8H,4H2,1-2H3;4-8H,3H2,1H3;3-6H,1H3,(H,15,16);4-7H,3H2,1H3;2H2,1H3,(H2,5,8);4-5H,1H3;1H4;;2H;;/q;;;;;;;;;;;-1;+1. The van der Waals surface area contributed by atoms with Crippen molar-refractivity contribution < 1.29 is 114 Å². The Morgan fingerprint density at radius 3 is 0.992 bits per heavy atom. The topological polar surface area (TPSA) is 355 Å². The zero-order valence-corrected chi connectivity index (χ0v) is 81.2. The van der Waals surface area contributed by atoms with Gasteiger partial charge in [0.2, 0.25) is 29.9 Å². The maximum atomic E-state index is 12.2. The van der Waals surface area contributed by atoms with Gasteiger partial charge in [-0.1, -0.05) is 193 Å². The summed E-state index contributed by atoms with van der Waals surface area (Å²) in [5.74, 6) is -2.68. The third kappa shape index (κ3) is 39.6. The zero-order valence-electron chi connectivity index (χ0n) is 71.0. The van der Waals surface area contributed by atoms with Crippen LogP contribution in [0.1, 0.15) is 120 Å². The number of halogens is 1. The van der Waals surface area contributed by atoms with Crippen molar-refractivity contribution in [1.82, 2.24) is 34.5 Å². The summed E-state index contributed by atoms with van der Waals surface area (Å²) in [5.41, 5.74) is 21.6. The smallest absolute Gasteiger partial charge is 0.476 e. The molecule has 0 spiro atoms. The minimum atomic E-state index is -1.24. The van der Waals surface area contributed by atoms with Gasteiger partial charge in [0.25, 0.3) is 11.8 Å². The van der Waals surface area contributed by atoms with E-state index < -0.39 is 24.9 Å². The van der Waals surface area contributed by atoms with Gasteiger partial charge in [-0.05, 0) is 89.2 Å². The fourth-order valence-corrected chi connectivity index (χ4v) is 13.5. The van der Waals surface area contributed by atoms with Crippen LogP contribution in [0.25, 0.3) is 85.4 Å². The number of esters is 3. The number of carbonyl (C=O) groups is 7. The van der Waals surface area contributed by atoms with Gasteiger partial charge in [-0.3, -0.25) is 14.4 Å². The predicted molar refractivity (Wildman–Crippen MR) is 527 cm³/mol. The number of carboxylic acid groups (broad SMARTS) is 1. The summed E-state index contributed by atoms with van der Waals surface area (Å²) in [6, 6.07) is 42.3. The summed E-state index contributed by atoms with van der Waals surface area (Å²) in [6.45, 7) is 62.0. The molecule has 5 heterocycles. The second kappa shape index (κ2) is 65.9. The summed E-state index contributed by atoms with van der Waals surface area (Å²) < 4.78 is 14.2. The Kier molecular flexibility index (Phi) is 61.5. The van der Waals surface area contributed by atoms with Crippen LogP contribution in [-0.2, 0) is 19.0 Å². The van der Waals surface area contributed by atoms with Crippen LogP contribution in [-0.4, -0.2) is 195 Å². The maximum Gasteiger partial charge on any atom is 1.00 e. The molecule has 11 rings (SSSR count). The Hall–Kier alpha value is -10.5. The number of thiazole rings is 5. The quantitative estimate of drug-likeness (QED) is 0.00900. The summed E-state index contributed by atoms with van der Waals surface area (Å²) in [6.07, 6.45) is 0.767. The molecule has 0 aliphatic heterocycles. The number of hydrogen-bond acceptors (Lipinski definition) is 24. The van der Waals surface area contributed by atoms with Gasteiger partial charge < -0.3 is 53.1 Å². The molecule has 28 nitrogen and oxygen atoms in total. The van der Waals surface area contributed by atoms with Crippen molar-refractivity contribution >= 4 is 238 Å². The summed E-state index contributed by atoms with van der Waals surface area (Å²) in [7, 11) is 18.1. The van der Waals surface area contributed by atoms with Gasteiger partial charge in [0, 0.05) is 36.9 Å². The number of aromatic carboxylic acids is 1. The van der Waals surface area contributed by atoms with Crippen LogP contribution in [0.2, 0.25) is 20.5 Å². The molecule has 0 bridgehead atoms. The Bertz CT molecular complexity index is 5520. The van der Waals surface area contributed by atoms with Crippen molar-refractivity contribution in [3.63, 3.8) is 0 Å². The molecule has 0 unspecified atom stereocenters. The first-order valence-electron chi connectivity index (χ1n) is 36.5. The Morgan fingerprint density at radius 1 is 0.484 bits per heavy atom. The van der Waals surface area contributed by atoms with Crippen LogP contribution >= 0.6 is 91.3 Å². The third-order valence-corrected chi connectivity index (χ3v) is 20.3. The number of ketones is 1. The number of Topliss-reactive ketones (excluding diaryl/α,β-unsaturated/α-hetero) is 1. The van der Waals surface area contributed by atoms with E-state index in [1.165, 1.54) is 62.1 Å². The second-order valence-electron chi connectivity index (χ2n) is 23.5. The van der Waals surface area contributed by atoms with Crippen LogP contribution in [0, 0.1) is 72.4 Å². The molecule has 11 aromatic rings. The molecule has 0 aliphatic carbocycles. The zero-order chi connectivity index (χ0) is 93.8. The van der Waals surface area contributed by atoms with E-state index in [1.807, 2.05) is 83.1 Å². The number of rotatable bonds is 20. The number of amides is 2. The maximum absolute atomic E-state index is 12.2. The molecular weight excluding hydrogens is 1870 g/mol. The average molecular weight is 1950 g/mol. The largest absolute Gasteiger partial charge is 1.00 e. The van der Waals surface area contributed by atoms with Gasteiger partial charge in [-0.2, -0.15) is 22.4 Å². The molecule has 14 radical (unpaired) electrons. The van der Waals surface area contributed by atoms with E-state index in [4.69, 9.17) is 90.8 Å². The first-order chi connectivity index (χ1) is 59.9. The van der Waals surface area contributed by atoms with Crippen molar-refractivity contribution in [3.8, 4) is 56.3 Å². The van der Waals surface area contributed by atoms with E-state index in [0.29, 0.717) is 91.7 Å². The predicted octanol–water partition coefficient (Wildman–Crippen LogP) is 15.6. The molecule has 128 heavy (non-hydrogen) atoms. The number of aryl methyl sites for hydroxylation is 4. The third-order valence-electron chi connectivity index (χ3n) is 15.5. The van der Waals surface area contributed by atoms with Crippen molar-refractivity contribution in [2.45, 2.75) is 89.7 Å². The van der Waals surface area contributed by atoms with Gasteiger partial charge in [0.1, 0.15) is 0 Å². The molecule has 0 saturated heterocycles. The molecule has 0 aliphatic rings. The number of ether oxygens (including phenoxy) is 3. The van der Waals surface area contributed by atoms with Gasteiger partial charge in [0.05, 0.1) is 103 Å². The number of carboxylic acids is 1. The van der Waals surface area contributed by atoms with Crippen LogP contribution in [0.4, 0.5) is 34.1 Å². The Labute approximate surface area is 837 Å². The number of aromatic nitrogens is 5. The fourth-order valence-electron chi connectivity index (χ4n) is 9.37. The van der Waals surface area contributed by atoms with E-state index in [0.717, 1.165) is 81.4 Å². The summed E-state index contributed by atoms with van der Waals surface area (Å²) >= 11 is 12.4. The number of benzene rings is 6. The molecule has 5 aromatic heterocycles. The van der Waals surface area contributed by atoms with Gasteiger partial charge in [-0.25, -0.2) is 73.2 Å². The van der Waals surface area contributed by atoms with Crippen LogP contribution in [0.5, 0.6) is 0 Å². The monoisotopic (exact) mass is 1950 g/mol. The molecule has 636 valence electrons. The van der Waals surface area contributed by atoms with E-state index in [-0.39, 0.29) is 114 Å². The van der Waals surface area contributed by atoms with E-state index in [9.17, 15) is 33.6 Å². The molecule has 2 amide bonds. The first-order valence-corrected chi connectivity index (χ1v) is 42.3. The number of nitrogens with two attached hydrogens (primary N) is 1. The van der Waals surface area contributed by atoms with Gasteiger partial charge in [0.15, 0.2) is 67.8 Å². The van der Waals surface area contributed by atoms with Gasteiger partial charge in [-0.15, -0.1) is 56.7 Å². The molecule has 0 saturated carbocycles. The number of carbonyl (C=O) groups excluding carboxylic acids is 6. The molecule has 0 fully saturated rings. The molecule has 45 heteroatoms. The number of thiocarbonyl (C=S) groups is 1. The Morgan fingerprint density at radius 2 is 0.750 bits per heavy atom. The van der Waals surface area contributed by atoms with Crippen molar-refractivity contribution in [2.75, 3.05) is 32.7 Å². The minimum absolute atomic E-state index is 0. The SMILES string of the molecule is C.CCOC(=O)C(N)=S.C[B]B(O)O.[B-].[B]=N.[B]CN([B]C)C(=O)c1nc(-c2ccc([N+]#[C-])cc2)c(C)s1.[B]CN([B]C)C(=O)c1nc(-c2ccc([N+]#[C-])cc2)c(C)s1.[B]I.[C-]#[N+]c1ccc(-c2csc(C(=O)OCC)n2)cc1.[C-]#[N+]c1ccc(-c2nc(C(=O)O)sc2C)cc1.[C-]#[N+]c1ccc(-c2nc(C(=O)OCC)sc2C)cc1.[C-]#[N+]c1ccc(C(=O)CC)cc1.[K+]. The Balaban J connectivity index is 0. The van der Waals surface area contributed by atoms with E-state index in [2.05, 4.69) is 84.3 Å². The van der Waals surface area contributed by atoms with E-state index in [1.54, 1.807) is 181 Å². The van der Waals surface area contributed by atoms with Crippen molar-refractivity contribution in [1.29, 1.82) is 5.31 Å². The van der Waals surface area contributed by atoms with Crippen molar-refractivity contribution in [3.05, 3.63) is 270 Å². The van der Waals surface area contributed by atoms with E-state index >= 15 is 0 Å². The van der Waals surface area contributed by atoms with Crippen molar-refractivity contribution in [2.24, 2.45) is 5.73 Å². The molecule has 6 aromatic carbocycles. The molecular formula is C83H80B9IKN15O13S6. The van der Waals surface area contributed by atoms with Gasteiger partial charge >= 0.3 is 95.2 Å². The normalized spacial score (nSPS) is 9.12. The molecule has 0 atom stereocenters. The number of nitrogens with zero attached hydrogens (tertiary/aromatic N) is 13. The number of hydrogen-bond donors (Lipinski definition) is 5. The summed E-state index contributed by atoms with van der Waals surface area (Å²) in [4.78, 5) is 128. The fraction of sp³-hybridized carbons (Fsp3) is 0.217. The minimum Gasteiger partial charge on any atom is -0.476 e. The first kappa shape index (κ1) is 120.